The molecule has 1 atom stereocenters. The second-order valence-electron chi connectivity index (χ2n) is 5.43. The van der Waals surface area contributed by atoms with Gasteiger partial charge in [-0.1, -0.05) is 54.9 Å². The molecule has 2 heteroatoms. The van der Waals surface area contributed by atoms with Crippen LogP contribution in [0.25, 0.3) is 6.08 Å². The molecule has 0 aromatic heterocycles. The molecule has 0 bridgehead atoms. The van der Waals surface area contributed by atoms with Crippen molar-refractivity contribution < 1.29 is 4.79 Å². The molecule has 1 aliphatic rings. The summed E-state index contributed by atoms with van der Waals surface area (Å²) in [7, 11) is 0. The second kappa shape index (κ2) is 5.87. The zero-order valence-corrected chi connectivity index (χ0v) is 13.2. The maximum atomic E-state index is 12.5. The summed E-state index contributed by atoms with van der Waals surface area (Å²) in [5.41, 5.74) is 2.98. The van der Waals surface area contributed by atoms with Crippen molar-refractivity contribution in [1.29, 1.82) is 0 Å². The minimum Gasteiger partial charge on any atom is -0.289 e. The van der Waals surface area contributed by atoms with Gasteiger partial charge in [0.1, 0.15) is 0 Å². The van der Waals surface area contributed by atoms with Crippen LogP contribution in [0, 0.1) is 11.8 Å². The Hall–Kier alpha value is -1.15. The third kappa shape index (κ3) is 3.24. The Kier molecular flexibility index (Phi) is 4.41. The zero-order valence-electron chi connectivity index (χ0n) is 11.6. The topological polar surface area (TPSA) is 17.1 Å². The first kappa shape index (κ1) is 14.3. The summed E-state index contributed by atoms with van der Waals surface area (Å²) in [5, 5.41) is 0. The Labute approximate surface area is 123 Å². The van der Waals surface area contributed by atoms with Crippen LogP contribution in [0.1, 0.15) is 32.8 Å². The van der Waals surface area contributed by atoms with E-state index in [4.69, 9.17) is 0 Å². The van der Waals surface area contributed by atoms with Crippen molar-refractivity contribution in [1.82, 2.24) is 0 Å². The van der Waals surface area contributed by atoms with E-state index in [1.54, 1.807) is 0 Å². The first-order valence-corrected chi connectivity index (χ1v) is 7.50. The van der Waals surface area contributed by atoms with Gasteiger partial charge in [0.15, 0.2) is 5.78 Å². The molecule has 1 aliphatic carbocycles. The molecule has 0 N–H and O–H groups in total. The minimum atomic E-state index is 0.219. The molecule has 2 rings (SSSR count). The van der Waals surface area contributed by atoms with E-state index in [2.05, 4.69) is 42.8 Å². The molecular weight excluding hydrogens is 300 g/mol. The van der Waals surface area contributed by atoms with E-state index in [1.807, 2.05) is 30.3 Å². The molecule has 1 nitrogen and oxygen atoms in total. The van der Waals surface area contributed by atoms with Crippen molar-refractivity contribution in [2.75, 3.05) is 0 Å². The van der Waals surface area contributed by atoms with Crippen molar-refractivity contribution in [3.63, 3.8) is 0 Å². The van der Waals surface area contributed by atoms with Crippen LogP contribution in [0.15, 0.2) is 46.0 Å². The van der Waals surface area contributed by atoms with Gasteiger partial charge in [-0.15, -0.1) is 0 Å². The van der Waals surface area contributed by atoms with Gasteiger partial charge in [-0.05, 0) is 47.6 Å². The molecule has 0 amide bonds. The molecule has 0 heterocycles. The summed E-state index contributed by atoms with van der Waals surface area (Å²) in [6, 6.07) is 8.07. The Balaban J connectivity index is 2.35. The number of benzene rings is 1. The van der Waals surface area contributed by atoms with E-state index in [0.717, 1.165) is 27.6 Å². The van der Waals surface area contributed by atoms with Crippen LogP contribution in [0.2, 0.25) is 0 Å². The highest BCUT2D eigenvalue weighted by atomic mass is 79.9. The van der Waals surface area contributed by atoms with Crippen molar-refractivity contribution in [3.05, 3.63) is 51.5 Å². The lowest BCUT2D eigenvalue weighted by molar-refractivity contribution is -0.113. The Bertz CT molecular complexity index is 535. The quantitative estimate of drug-likeness (QED) is 0.699. The molecule has 1 aromatic carbocycles. The summed E-state index contributed by atoms with van der Waals surface area (Å²) in [5.74, 6) is 0.823. The highest BCUT2D eigenvalue weighted by Gasteiger charge is 2.26. The van der Waals surface area contributed by atoms with Gasteiger partial charge in [0.25, 0.3) is 0 Å². The van der Waals surface area contributed by atoms with Crippen LogP contribution >= 0.6 is 15.9 Å². The van der Waals surface area contributed by atoms with Crippen LogP contribution in [0.5, 0.6) is 0 Å². The molecule has 1 aromatic rings. The summed E-state index contributed by atoms with van der Waals surface area (Å²) >= 11 is 3.43. The highest BCUT2D eigenvalue weighted by molar-refractivity contribution is 9.10. The van der Waals surface area contributed by atoms with Crippen LogP contribution < -0.4 is 0 Å². The number of Topliss-reactive ketones (excluding diaryl/α,β-unsaturated/α-hetero) is 1. The highest BCUT2D eigenvalue weighted by Crippen LogP contribution is 2.31. The minimum absolute atomic E-state index is 0.219. The predicted molar refractivity (Wildman–Crippen MR) is 83.8 cm³/mol. The van der Waals surface area contributed by atoms with Crippen molar-refractivity contribution in [2.24, 2.45) is 11.8 Å². The molecule has 0 spiro atoms. The SMILES string of the molecule is CC(C)C1=CC[C@@H](C)/C(=C\c2ccc(Br)cc2)C1=O. The fourth-order valence-corrected chi connectivity index (χ4v) is 2.62. The average Bonchev–Trinajstić information content (AvgIpc) is 2.36. The van der Waals surface area contributed by atoms with E-state index in [-0.39, 0.29) is 5.78 Å². The number of allylic oxidation sites excluding steroid dienone is 3. The summed E-state index contributed by atoms with van der Waals surface area (Å²) in [6.07, 6.45) is 5.10. The number of hydrogen-bond donors (Lipinski definition) is 0. The molecule has 0 aliphatic heterocycles. The Morgan fingerprint density at radius 2 is 1.89 bits per heavy atom. The lowest BCUT2D eigenvalue weighted by atomic mass is 9.80. The van der Waals surface area contributed by atoms with Crippen molar-refractivity contribution >= 4 is 27.8 Å². The standard InChI is InChI=1S/C17H19BrO/c1-11(2)15-9-4-12(3)16(17(15)19)10-13-5-7-14(18)8-6-13/h5-12H,4H2,1-3H3/b16-10+/t12-/m1/s1. The number of rotatable bonds is 2. The number of carbonyl (C=O) groups is 1. The maximum Gasteiger partial charge on any atom is 0.185 e. The second-order valence-corrected chi connectivity index (χ2v) is 6.35. The van der Waals surface area contributed by atoms with E-state index >= 15 is 0 Å². The lowest BCUT2D eigenvalue weighted by Crippen LogP contribution is -2.20. The van der Waals surface area contributed by atoms with Crippen molar-refractivity contribution in [3.8, 4) is 0 Å². The molecule has 19 heavy (non-hydrogen) atoms. The molecule has 0 saturated carbocycles. The van der Waals surface area contributed by atoms with Gasteiger partial charge in [-0.3, -0.25) is 4.79 Å². The average molecular weight is 319 g/mol. The molecule has 0 fully saturated rings. The first-order chi connectivity index (χ1) is 8.99. The van der Waals surface area contributed by atoms with Gasteiger partial charge in [-0.25, -0.2) is 0 Å². The van der Waals surface area contributed by atoms with Crippen molar-refractivity contribution in [2.45, 2.75) is 27.2 Å². The van der Waals surface area contributed by atoms with E-state index in [1.165, 1.54) is 0 Å². The van der Waals surface area contributed by atoms with Crippen LogP contribution in [0.3, 0.4) is 0 Å². The fraction of sp³-hybridized carbons (Fsp3) is 0.353. The Morgan fingerprint density at radius 3 is 2.47 bits per heavy atom. The lowest BCUT2D eigenvalue weighted by Gasteiger charge is -2.23. The molecular formula is C17H19BrO. The first-order valence-electron chi connectivity index (χ1n) is 6.71. The monoisotopic (exact) mass is 318 g/mol. The van der Waals surface area contributed by atoms with Crippen LogP contribution in [0.4, 0.5) is 0 Å². The molecule has 0 saturated heterocycles. The Morgan fingerprint density at radius 1 is 1.26 bits per heavy atom. The molecule has 100 valence electrons. The van der Waals surface area contributed by atoms with Crippen LogP contribution in [-0.2, 0) is 4.79 Å². The number of halogens is 1. The third-order valence-electron chi connectivity index (χ3n) is 3.56. The van der Waals surface area contributed by atoms with E-state index < -0.39 is 0 Å². The third-order valence-corrected chi connectivity index (χ3v) is 4.09. The van der Waals surface area contributed by atoms with Gasteiger partial charge in [-0.2, -0.15) is 0 Å². The molecule has 0 unspecified atom stereocenters. The fourth-order valence-electron chi connectivity index (χ4n) is 2.36. The molecule has 0 radical (unpaired) electrons. The van der Waals surface area contributed by atoms with Gasteiger partial charge in [0.05, 0.1) is 0 Å². The summed E-state index contributed by atoms with van der Waals surface area (Å²) < 4.78 is 1.06. The maximum absolute atomic E-state index is 12.5. The van der Waals surface area contributed by atoms with Gasteiger partial charge in [0, 0.05) is 10.0 Å². The van der Waals surface area contributed by atoms with Gasteiger partial charge < -0.3 is 0 Å². The zero-order chi connectivity index (χ0) is 14.0. The summed E-state index contributed by atoms with van der Waals surface area (Å²) in [6.45, 7) is 6.28. The van der Waals surface area contributed by atoms with Gasteiger partial charge in [0.2, 0.25) is 0 Å². The summed E-state index contributed by atoms with van der Waals surface area (Å²) in [4.78, 5) is 12.5. The number of hydrogen-bond acceptors (Lipinski definition) is 1. The smallest absolute Gasteiger partial charge is 0.185 e. The number of ketones is 1. The van der Waals surface area contributed by atoms with Crippen LogP contribution in [-0.4, -0.2) is 5.78 Å². The van der Waals surface area contributed by atoms with E-state index in [0.29, 0.717) is 11.8 Å². The predicted octanol–water partition coefficient (Wildman–Crippen LogP) is 5.02. The normalized spacial score (nSPS) is 21.9. The number of carbonyl (C=O) groups excluding carboxylic acids is 1. The largest absolute Gasteiger partial charge is 0.289 e. The van der Waals surface area contributed by atoms with Gasteiger partial charge >= 0.3 is 0 Å². The van der Waals surface area contributed by atoms with E-state index in [9.17, 15) is 4.79 Å².